The van der Waals surface area contributed by atoms with E-state index < -0.39 is 12.9 Å². The highest BCUT2D eigenvalue weighted by Crippen LogP contribution is 2.10. The molecule has 2 N–H and O–H groups in total. The number of hydrogen-bond donors (Lipinski definition) is 2. The highest BCUT2D eigenvalue weighted by molar-refractivity contribution is 6.61. The van der Waals surface area contributed by atoms with Gasteiger partial charge in [0.1, 0.15) is 11.6 Å². The second kappa shape index (κ2) is 4.92. The van der Waals surface area contributed by atoms with Crippen molar-refractivity contribution in [3.63, 3.8) is 0 Å². The first-order chi connectivity index (χ1) is 6.72. The van der Waals surface area contributed by atoms with Crippen molar-refractivity contribution in [2.45, 2.75) is 0 Å². The van der Waals surface area contributed by atoms with Gasteiger partial charge in [-0.1, -0.05) is 0 Å². The number of hydrogen-bond acceptors (Lipinski definition) is 5. The lowest BCUT2D eigenvalue weighted by Gasteiger charge is -2.10. The molecule has 0 atom stereocenters. The van der Waals surface area contributed by atoms with E-state index in [1.165, 1.54) is 13.2 Å². The Balaban J connectivity index is 3.08. The van der Waals surface area contributed by atoms with Crippen LogP contribution in [-0.4, -0.2) is 24.7 Å². The lowest BCUT2D eigenvalue weighted by atomic mass is 9.79. The summed E-state index contributed by atoms with van der Waals surface area (Å²) in [7, 11) is -0.150. The molecule has 0 spiro atoms. The summed E-state index contributed by atoms with van der Waals surface area (Å²) in [6.07, 6.45) is 0. The van der Waals surface area contributed by atoms with Crippen LogP contribution in [0.5, 0.6) is 5.75 Å². The van der Waals surface area contributed by atoms with Crippen LogP contribution in [-0.2, 0) is 9.61 Å². The molecule has 0 aromatic heterocycles. The van der Waals surface area contributed by atoms with Crippen molar-refractivity contribution in [3.8, 4) is 5.75 Å². The van der Waals surface area contributed by atoms with Gasteiger partial charge >= 0.3 is 7.12 Å². The molecule has 0 aliphatic carbocycles. The summed E-state index contributed by atoms with van der Waals surface area (Å²) in [6, 6.07) is 3.49. The lowest BCUT2D eigenvalue weighted by Crippen LogP contribution is -2.36. The Hall–Kier alpha value is -1.15. The number of benzene rings is 1. The fraction of sp³-hybridized carbons (Fsp3) is 0.143. The maximum absolute atomic E-state index is 12.8. The van der Waals surface area contributed by atoms with Gasteiger partial charge in [-0.2, -0.15) is 0 Å². The Morgan fingerprint density at radius 2 is 1.93 bits per heavy atom. The van der Waals surface area contributed by atoms with Crippen LogP contribution in [0.25, 0.3) is 0 Å². The Bertz CT molecular complexity index is 304. The SMILES string of the molecule is COc1ccc(F)cc1B(OO)OO. The molecule has 5 nitrogen and oxygen atoms in total. The van der Waals surface area contributed by atoms with Crippen molar-refractivity contribution in [3.05, 3.63) is 24.0 Å². The molecule has 0 fully saturated rings. The fourth-order valence-corrected chi connectivity index (χ4v) is 1.02. The average Bonchev–Trinajstić information content (AvgIpc) is 2.20. The van der Waals surface area contributed by atoms with Crippen LogP contribution >= 0.6 is 0 Å². The molecule has 0 radical (unpaired) electrons. The largest absolute Gasteiger partial charge is 0.557 e. The highest BCUT2D eigenvalue weighted by atomic mass is 19.1. The number of rotatable bonds is 4. The van der Waals surface area contributed by atoms with E-state index in [2.05, 4.69) is 9.61 Å². The van der Waals surface area contributed by atoms with Crippen LogP contribution in [0.3, 0.4) is 0 Å². The van der Waals surface area contributed by atoms with Gasteiger partial charge < -0.3 is 4.74 Å². The van der Waals surface area contributed by atoms with E-state index in [0.717, 1.165) is 12.1 Å². The Morgan fingerprint density at radius 3 is 2.43 bits per heavy atom. The summed E-state index contributed by atoms with van der Waals surface area (Å²) >= 11 is 0. The molecule has 1 aromatic rings. The van der Waals surface area contributed by atoms with E-state index in [1.54, 1.807) is 0 Å². The molecule has 0 heterocycles. The van der Waals surface area contributed by atoms with Crippen LogP contribution in [0, 0.1) is 5.82 Å². The zero-order valence-corrected chi connectivity index (χ0v) is 7.31. The molecule has 0 bridgehead atoms. The zero-order valence-electron chi connectivity index (χ0n) is 7.31. The quantitative estimate of drug-likeness (QED) is 0.422. The van der Waals surface area contributed by atoms with E-state index in [1.807, 2.05) is 0 Å². The van der Waals surface area contributed by atoms with Crippen molar-refractivity contribution in [1.29, 1.82) is 0 Å². The van der Waals surface area contributed by atoms with E-state index in [4.69, 9.17) is 15.3 Å². The van der Waals surface area contributed by atoms with Crippen LogP contribution in [0.2, 0.25) is 0 Å². The second-order valence-corrected chi connectivity index (χ2v) is 2.43. The van der Waals surface area contributed by atoms with Gasteiger partial charge in [0, 0.05) is 5.46 Å². The second-order valence-electron chi connectivity index (χ2n) is 2.43. The summed E-state index contributed by atoms with van der Waals surface area (Å²) in [4.78, 5) is 7.53. The normalized spacial score (nSPS) is 10.0. The van der Waals surface area contributed by atoms with Crippen LogP contribution in [0.4, 0.5) is 4.39 Å². The van der Waals surface area contributed by atoms with E-state index in [9.17, 15) is 4.39 Å². The summed E-state index contributed by atoms with van der Waals surface area (Å²) in [5.41, 5.74) is 0.0394. The monoisotopic (exact) mass is 202 g/mol. The Kier molecular flexibility index (Phi) is 3.84. The van der Waals surface area contributed by atoms with Gasteiger partial charge in [-0.25, -0.2) is 4.39 Å². The summed E-state index contributed by atoms with van der Waals surface area (Å²) in [5.74, 6) is -0.348. The predicted molar refractivity (Wildman–Crippen MR) is 45.8 cm³/mol. The molecule has 0 unspecified atom stereocenters. The minimum absolute atomic E-state index is 0.0394. The van der Waals surface area contributed by atoms with Gasteiger partial charge in [0.05, 0.1) is 7.11 Å². The third-order valence-electron chi connectivity index (χ3n) is 1.64. The standard InChI is InChI=1S/C7H8BFO5/c1-12-7-3-2-5(9)4-6(7)8(13-10)14-11/h2-4,10-11H,1H3. The minimum Gasteiger partial charge on any atom is -0.497 e. The van der Waals surface area contributed by atoms with Gasteiger partial charge in [0.2, 0.25) is 0 Å². The average molecular weight is 202 g/mol. The first-order valence-electron chi connectivity index (χ1n) is 3.66. The number of halogens is 1. The van der Waals surface area contributed by atoms with Crippen molar-refractivity contribution >= 4 is 12.6 Å². The van der Waals surface area contributed by atoms with Crippen molar-refractivity contribution in [1.82, 2.24) is 0 Å². The molecule has 0 aliphatic rings. The first kappa shape index (κ1) is 10.9. The highest BCUT2D eigenvalue weighted by Gasteiger charge is 2.26. The first-order valence-corrected chi connectivity index (χ1v) is 3.66. The minimum atomic E-state index is -1.50. The third kappa shape index (κ3) is 2.21. The van der Waals surface area contributed by atoms with Crippen molar-refractivity contribution in [2.75, 3.05) is 7.11 Å². The maximum atomic E-state index is 12.8. The van der Waals surface area contributed by atoms with E-state index in [-0.39, 0.29) is 11.2 Å². The third-order valence-corrected chi connectivity index (χ3v) is 1.64. The topological polar surface area (TPSA) is 68.2 Å². The van der Waals surface area contributed by atoms with E-state index >= 15 is 0 Å². The summed E-state index contributed by atoms with van der Waals surface area (Å²) < 4.78 is 17.6. The number of ether oxygens (including phenoxy) is 1. The number of methoxy groups -OCH3 is 1. The zero-order chi connectivity index (χ0) is 10.6. The van der Waals surface area contributed by atoms with Crippen LogP contribution in [0.15, 0.2) is 18.2 Å². The summed E-state index contributed by atoms with van der Waals surface area (Å²) in [5, 5.41) is 16.7. The fourth-order valence-electron chi connectivity index (χ4n) is 1.02. The van der Waals surface area contributed by atoms with Crippen molar-refractivity contribution < 1.29 is 29.3 Å². The molecule has 76 valence electrons. The van der Waals surface area contributed by atoms with E-state index in [0.29, 0.717) is 0 Å². The molecule has 0 saturated heterocycles. The smallest absolute Gasteiger partial charge is 0.497 e. The van der Waals surface area contributed by atoms with Gasteiger partial charge in [0.25, 0.3) is 0 Å². The molecule has 0 aliphatic heterocycles. The maximum Gasteiger partial charge on any atom is 0.557 e. The van der Waals surface area contributed by atoms with Crippen LogP contribution in [0.1, 0.15) is 0 Å². The van der Waals surface area contributed by atoms with Gasteiger partial charge in [-0.15, -0.1) is 0 Å². The van der Waals surface area contributed by atoms with Crippen molar-refractivity contribution in [2.24, 2.45) is 0 Å². The van der Waals surface area contributed by atoms with Gasteiger partial charge in [-0.05, 0) is 18.2 Å². The molecular formula is C7H8BFO5. The molecule has 0 saturated carbocycles. The Morgan fingerprint density at radius 1 is 1.29 bits per heavy atom. The molecule has 1 rings (SSSR count). The molecular weight excluding hydrogens is 194 g/mol. The van der Waals surface area contributed by atoms with Gasteiger partial charge in [-0.3, -0.25) is 20.1 Å². The molecule has 1 aromatic carbocycles. The molecule has 0 amide bonds. The van der Waals surface area contributed by atoms with Crippen LogP contribution < -0.4 is 10.2 Å². The molecule has 7 heteroatoms. The summed E-state index contributed by atoms with van der Waals surface area (Å²) in [6.45, 7) is 0. The predicted octanol–water partition coefficient (Wildman–Crippen LogP) is 0.509. The Labute approximate surface area is 79.6 Å². The lowest BCUT2D eigenvalue weighted by molar-refractivity contribution is -0.221. The van der Waals surface area contributed by atoms with Gasteiger partial charge in [0.15, 0.2) is 0 Å². The molecule has 14 heavy (non-hydrogen) atoms.